The van der Waals surface area contributed by atoms with Gasteiger partial charge in [-0.2, -0.15) is 0 Å². The molecule has 0 atom stereocenters. The quantitative estimate of drug-likeness (QED) is 0.153. The summed E-state index contributed by atoms with van der Waals surface area (Å²) in [5, 5.41) is 34.2. The molecule has 0 radical (unpaired) electrons. The first kappa shape index (κ1) is 24.7. The zero-order valence-electron chi connectivity index (χ0n) is 19.4. The molecule has 0 unspecified atom stereocenters. The molecule has 12 heteroatoms. The van der Waals surface area contributed by atoms with Crippen LogP contribution in [-0.2, 0) is 20.9 Å². The van der Waals surface area contributed by atoms with Crippen LogP contribution in [0.2, 0.25) is 0 Å². The van der Waals surface area contributed by atoms with Gasteiger partial charge in [0.25, 0.3) is 5.69 Å². The number of aryl methyl sites for hydroxylation is 1. The predicted molar refractivity (Wildman–Crippen MR) is 135 cm³/mol. The summed E-state index contributed by atoms with van der Waals surface area (Å²) in [4.78, 5) is 47.3. The van der Waals surface area contributed by atoms with Gasteiger partial charge in [-0.1, -0.05) is 42.0 Å². The maximum atomic E-state index is 12.6. The molecule has 0 saturated heterocycles. The molecule has 0 saturated carbocycles. The third-order valence-electron chi connectivity index (χ3n) is 5.30. The molecule has 0 aliphatic rings. The number of nitro groups is 1. The van der Waals surface area contributed by atoms with Gasteiger partial charge in [0.05, 0.1) is 10.4 Å². The number of hydrogen-bond donors (Lipinski definition) is 3. The van der Waals surface area contributed by atoms with E-state index in [1.807, 2.05) is 19.1 Å². The number of rotatable bonds is 6. The molecule has 186 valence electrons. The molecule has 1 aromatic heterocycles. The average molecular weight is 500 g/mol. The number of aromatic nitrogens is 1. The van der Waals surface area contributed by atoms with Crippen molar-refractivity contribution in [3.05, 3.63) is 88.5 Å². The Hall–Kier alpha value is -5.39. The second-order valence-corrected chi connectivity index (χ2v) is 7.96. The number of benzene rings is 3. The lowest BCUT2D eigenvalue weighted by Crippen LogP contribution is -2.20. The lowest BCUT2D eigenvalue weighted by molar-refractivity contribution is -0.384. The first-order valence-electron chi connectivity index (χ1n) is 10.9. The predicted octanol–water partition coefficient (Wildman–Crippen LogP) is 4.45. The highest BCUT2D eigenvalue weighted by molar-refractivity contribution is 6.40. The molecule has 0 aliphatic heterocycles. The zero-order chi connectivity index (χ0) is 26.5. The molecule has 3 aromatic carbocycles. The van der Waals surface area contributed by atoms with Crippen LogP contribution in [0, 0.1) is 17.0 Å². The van der Waals surface area contributed by atoms with Gasteiger partial charge in [0.2, 0.25) is 11.8 Å². The third kappa shape index (κ3) is 5.65. The van der Waals surface area contributed by atoms with Crippen molar-refractivity contribution in [2.24, 2.45) is 10.2 Å². The van der Waals surface area contributed by atoms with Gasteiger partial charge in [-0.15, -0.1) is 10.2 Å². The number of carbonyl (C=O) groups excluding carboxylic acids is 3. The molecule has 3 N–H and O–H groups in total. The molecule has 0 spiro atoms. The second kappa shape index (κ2) is 10.5. The van der Waals surface area contributed by atoms with Crippen molar-refractivity contribution in [1.82, 2.24) is 4.57 Å². The summed E-state index contributed by atoms with van der Waals surface area (Å²) in [6, 6.07) is 18.9. The Morgan fingerprint density at radius 2 is 1.70 bits per heavy atom. The molecule has 4 rings (SSSR count). The highest BCUT2D eigenvalue weighted by Crippen LogP contribution is 2.38. The van der Waals surface area contributed by atoms with Gasteiger partial charge in [-0.25, -0.2) is 0 Å². The van der Waals surface area contributed by atoms with E-state index in [4.69, 9.17) is 0 Å². The molecule has 12 nitrogen and oxygen atoms in total. The molecular weight excluding hydrogens is 480 g/mol. The summed E-state index contributed by atoms with van der Waals surface area (Å²) >= 11 is 0. The van der Waals surface area contributed by atoms with Gasteiger partial charge in [0, 0.05) is 28.9 Å². The van der Waals surface area contributed by atoms with Crippen LogP contribution in [0.1, 0.15) is 5.56 Å². The van der Waals surface area contributed by atoms with Gasteiger partial charge in [0.1, 0.15) is 6.54 Å². The number of carbonyl (C=O) groups is 3. The third-order valence-corrected chi connectivity index (χ3v) is 5.30. The first-order valence-corrected chi connectivity index (χ1v) is 10.9. The van der Waals surface area contributed by atoms with Crippen LogP contribution in [0.25, 0.3) is 10.9 Å². The molecule has 3 amide bonds. The number of hydrogen-bond acceptors (Lipinski definition) is 7. The number of amides is 3. The van der Waals surface area contributed by atoms with Gasteiger partial charge >= 0.3 is 11.8 Å². The number of azo groups is 1. The fourth-order valence-corrected chi connectivity index (χ4v) is 3.53. The minimum Gasteiger partial charge on any atom is -0.493 e. The lowest BCUT2D eigenvalue weighted by atomic mass is 10.2. The molecule has 0 fully saturated rings. The maximum absolute atomic E-state index is 12.6. The number of aromatic hydroxyl groups is 1. The van der Waals surface area contributed by atoms with E-state index in [1.54, 1.807) is 36.4 Å². The van der Waals surface area contributed by atoms with E-state index in [2.05, 4.69) is 20.9 Å². The average Bonchev–Trinajstić information content (AvgIpc) is 3.14. The van der Waals surface area contributed by atoms with Gasteiger partial charge < -0.3 is 20.3 Å². The Labute approximate surface area is 209 Å². The van der Waals surface area contributed by atoms with E-state index in [1.165, 1.54) is 22.8 Å². The summed E-state index contributed by atoms with van der Waals surface area (Å²) in [5.74, 6) is -3.29. The van der Waals surface area contributed by atoms with E-state index in [0.717, 1.165) is 11.6 Å². The number of para-hydroxylation sites is 1. The summed E-state index contributed by atoms with van der Waals surface area (Å²) in [7, 11) is 0. The van der Waals surface area contributed by atoms with Gasteiger partial charge in [-0.05, 0) is 31.2 Å². The molecule has 1 heterocycles. The largest absolute Gasteiger partial charge is 0.493 e. The first-order chi connectivity index (χ1) is 17.7. The van der Waals surface area contributed by atoms with Crippen molar-refractivity contribution in [1.29, 1.82) is 0 Å². The summed E-state index contributed by atoms with van der Waals surface area (Å²) in [5.41, 5.74) is 1.75. The fourth-order valence-electron chi connectivity index (χ4n) is 3.53. The Morgan fingerprint density at radius 3 is 2.43 bits per heavy atom. The van der Waals surface area contributed by atoms with E-state index in [-0.39, 0.29) is 23.6 Å². The number of nitrogens with one attached hydrogen (secondary N) is 2. The van der Waals surface area contributed by atoms with E-state index in [9.17, 15) is 29.6 Å². The zero-order valence-corrected chi connectivity index (χ0v) is 19.4. The highest BCUT2D eigenvalue weighted by atomic mass is 16.6. The second-order valence-electron chi connectivity index (χ2n) is 7.96. The number of anilines is 2. The minimum absolute atomic E-state index is 0.0294. The van der Waals surface area contributed by atoms with Crippen LogP contribution in [0.4, 0.5) is 22.7 Å². The Kier molecular flexibility index (Phi) is 7.00. The number of nitrogens with zero attached hydrogens (tertiary/aromatic N) is 4. The molecule has 37 heavy (non-hydrogen) atoms. The van der Waals surface area contributed by atoms with Crippen molar-refractivity contribution in [2.45, 2.75) is 13.5 Å². The monoisotopic (exact) mass is 500 g/mol. The van der Waals surface area contributed by atoms with E-state index in [0.29, 0.717) is 16.6 Å². The Bertz CT molecular complexity index is 1560. The van der Waals surface area contributed by atoms with Crippen LogP contribution in [0.3, 0.4) is 0 Å². The number of nitro benzene ring substituents is 1. The van der Waals surface area contributed by atoms with Gasteiger partial charge in [0.15, 0.2) is 5.69 Å². The van der Waals surface area contributed by atoms with Crippen molar-refractivity contribution in [2.75, 3.05) is 10.6 Å². The molecule has 0 bridgehead atoms. The number of non-ortho nitro benzene ring substituents is 1. The maximum Gasteiger partial charge on any atom is 0.353 e. The summed E-state index contributed by atoms with van der Waals surface area (Å²) in [6.45, 7) is 1.67. The highest BCUT2D eigenvalue weighted by Gasteiger charge is 2.20. The van der Waals surface area contributed by atoms with Crippen LogP contribution in [0.15, 0.2) is 83.0 Å². The van der Waals surface area contributed by atoms with Crippen LogP contribution in [-0.4, -0.2) is 32.3 Å². The lowest BCUT2D eigenvalue weighted by Gasteiger charge is -2.08. The Balaban J connectivity index is 1.53. The van der Waals surface area contributed by atoms with E-state index < -0.39 is 28.5 Å². The van der Waals surface area contributed by atoms with Crippen molar-refractivity contribution in [3.8, 4) is 5.88 Å². The standard InChI is InChI=1S/C25H20N6O6/c1-15-9-11-16(12-10-15)26-21(32)14-30-20-8-3-2-7-19(20)22(25(30)35)28-29-24(34)23(33)27-17-5-4-6-18(13-17)31(36)37/h2-13,35H,14H2,1H3,(H,26,32)(H,27,33). The molecule has 0 aliphatic carbocycles. The van der Waals surface area contributed by atoms with Crippen molar-refractivity contribution >= 4 is 51.4 Å². The Morgan fingerprint density at radius 1 is 0.973 bits per heavy atom. The summed E-state index contributed by atoms with van der Waals surface area (Å²) < 4.78 is 1.31. The molecular formula is C25H20N6O6. The van der Waals surface area contributed by atoms with Crippen LogP contribution < -0.4 is 10.6 Å². The van der Waals surface area contributed by atoms with Crippen molar-refractivity contribution < 1.29 is 24.4 Å². The fraction of sp³-hybridized carbons (Fsp3) is 0.0800. The van der Waals surface area contributed by atoms with Crippen LogP contribution >= 0.6 is 0 Å². The minimum atomic E-state index is -1.29. The number of fused-ring (bicyclic) bond motifs is 1. The topological polar surface area (TPSA) is 168 Å². The van der Waals surface area contributed by atoms with E-state index >= 15 is 0 Å². The van der Waals surface area contributed by atoms with Gasteiger partial charge in [-0.3, -0.25) is 24.5 Å². The molecule has 4 aromatic rings. The van der Waals surface area contributed by atoms with Crippen LogP contribution in [0.5, 0.6) is 5.88 Å². The SMILES string of the molecule is Cc1ccc(NC(=O)Cn2c(O)c(N=NC(=O)C(=O)Nc3cccc([N+](=O)[O-])c3)c3ccccc32)cc1. The summed E-state index contributed by atoms with van der Waals surface area (Å²) in [6.07, 6.45) is 0. The van der Waals surface area contributed by atoms with Crippen molar-refractivity contribution in [3.63, 3.8) is 0 Å². The normalized spacial score (nSPS) is 10.9. The smallest absolute Gasteiger partial charge is 0.353 e.